The zero-order valence-electron chi connectivity index (χ0n) is 12.4. The fourth-order valence-electron chi connectivity index (χ4n) is 2.28. The van der Waals surface area contributed by atoms with Crippen LogP contribution >= 0.6 is 0 Å². The smallest absolute Gasteiger partial charge is 0.154 e. The number of rotatable bonds is 3. The van der Waals surface area contributed by atoms with Crippen LogP contribution < -0.4 is 15.2 Å². The predicted octanol–water partition coefficient (Wildman–Crippen LogP) is 2.80. The molecule has 6 nitrogen and oxygen atoms in total. The highest BCUT2D eigenvalue weighted by molar-refractivity contribution is 5.77. The molecule has 0 bridgehead atoms. The van der Waals surface area contributed by atoms with E-state index in [4.69, 9.17) is 15.2 Å². The van der Waals surface area contributed by atoms with Crippen LogP contribution in [0.5, 0.6) is 17.2 Å². The minimum Gasteiger partial charge on any atom is -0.494 e. The van der Waals surface area contributed by atoms with Gasteiger partial charge >= 0.3 is 0 Å². The zero-order chi connectivity index (χ0) is 15.9. The van der Waals surface area contributed by atoms with Crippen molar-refractivity contribution in [2.45, 2.75) is 6.92 Å². The Kier molecular flexibility index (Phi) is 3.32. The van der Waals surface area contributed by atoms with E-state index in [0.717, 1.165) is 5.56 Å². The first-order valence-electron chi connectivity index (χ1n) is 6.60. The quantitative estimate of drug-likeness (QED) is 0.753. The van der Waals surface area contributed by atoms with E-state index in [9.17, 15) is 4.39 Å². The van der Waals surface area contributed by atoms with Gasteiger partial charge in [0.1, 0.15) is 28.3 Å². The van der Waals surface area contributed by atoms with Crippen molar-refractivity contribution in [2.24, 2.45) is 7.05 Å². The summed E-state index contributed by atoms with van der Waals surface area (Å²) in [7, 11) is 3.16. The van der Waals surface area contributed by atoms with Crippen LogP contribution in [0.15, 0.2) is 24.3 Å². The predicted molar refractivity (Wildman–Crippen MR) is 80.7 cm³/mol. The number of benzene rings is 2. The molecule has 2 aromatic carbocycles. The lowest BCUT2D eigenvalue weighted by Gasteiger charge is -2.12. The minimum atomic E-state index is -0.444. The van der Waals surface area contributed by atoms with Crippen molar-refractivity contribution in [1.82, 2.24) is 15.0 Å². The minimum absolute atomic E-state index is 0.332. The van der Waals surface area contributed by atoms with E-state index in [1.165, 1.54) is 17.9 Å². The second-order valence-corrected chi connectivity index (χ2v) is 4.95. The van der Waals surface area contributed by atoms with Gasteiger partial charge in [0.15, 0.2) is 5.82 Å². The highest BCUT2D eigenvalue weighted by Crippen LogP contribution is 2.34. The number of aryl methyl sites for hydroxylation is 2. The molecule has 0 radical (unpaired) electrons. The average molecular weight is 302 g/mol. The number of hydrogen-bond acceptors (Lipinski definition) is 5. The van der Waals surface area contributed by atoms with E-state index in [-0.39, 0.29) is 0 Å². The number of fused-ring (bicyclic) bond motifs is 1. The van der Waals surface area contributed by atoms with Crippen molar-refractivity contribution in [3.8, 4) is 17.2 Å². The van der Waals surface area contributed by atoms with Crippen LogP contribution in [-0.2, 0) is 7.05 Å². The number of hydrogen-bond donors (Lipinski definition) is 1. The molecule has 3 aromatic rings. The number of anilines is 1. The molecule has 0 unspecified atom stereocenters. The first-order valence-corrected chi connectivity index (χ1v) is 6.60. The third-order valence-electron chi connectivity index (χ3n) is 3.38. The standard InChI is InChI=1S/C15H15FN4O2/c1-8-4-11(17)14(21-3)7-13(8)22-9-5-10(16)15-12(6-9)18-19-20(15)2/h4-7H,17H2,1-3H3. The van der Waals surface area contributed by atoms with Gasteiger partial charge in [-0.3, -0.25) is 0 Å². The van der Waals surface area contributed by atoms with Gasteiger partial charge in [-0.2, -0.15) is 0 Å². The van der Waals surface area contributed by atoms with Gasteiger partial charge in [-0.25, -0.2) is 9.07 Å². The Morgan fingerprint density at radius 1 is 1.18 bits per heavy atom. The molecule has 0 atom stereocenters. The topological polar surface area (TPSA) is 75.2 Å². The summed E-state index contributed by atoms with van der Waals surface area (Å²) in [6, 6.07) is 6.34. The molecule has 1 heterocycles. The van der Waals surface area contributed by atoms with Crippen LogP contribution in [0.3, 0.4) is 0 Å². The van der Waals surface area contributed by atoms with E-state index in [2.05, 4.69) is 10.3 Å². The lowest BCUT2D eigenvalue weighted by Crippen LogP contribution is -1.96. The molecule has 0 amide bonds. The molecule has 3 rings (SSSR count). The van der Waals surface area contributed by atoms with E-state index in [1.54, 1.807) is 25.2 Å². The van der Waals surface area contributed by atoms with Crippen LogP contribution in [0, 0.1) is 12.7 Å². The molecule has 0 aliphatic rings. The lowest BCUT2D eigenvalue weighted by atomic mass is 10.2. The largest absolute Gasteiger partial charge is 0.494 e. The number of ether oxygens (including phenoxy) is 2. The molecule has 0 spiro atoms. The van der Waals surface area contributed by atoms with Gasteiger partial charge in [-0.05, 0) is 18.6 Å². The van der Waals surface area contributed by atoms with Crippen molar-refractivity contribution in [3.05, 3.63) is 35.6 Å². The number of halogens is 1. The summed E-state index contributed by atoms with van der Waals surface area (Å²) in [6.07, 6.45) is 0. The Morgan fingerprint density at radius 3 is 2.68 bits per heavy atom. The van der Waals surface area contributed by atoms with Gasteiger partial charge in [0.05, 0.1) is 12.8 Å². The maximum absolute atomic E-state index is 14.1. The summed E-state index contributed by atoms with van der Waals surface area (Å²) < 4.78 is 26.4. The molecule has 1 aromatic heterocycles. The normalized spacial score (nSPS) is 10.9. The number of nitrogen functional groups attached to an aromatic ring is 1. The Bertz CT molecular complexity index is 860. The van der Waals surface area contributed by atoms with Crippen LogP contribution in [0.2, 0.25) is 0 Å². The molecular formula is C15H15FN4O2. The van der Waals surface area contributed by atoms with E-state index >= 15 is 0 Å². The van der Waals surface area contributed by atoms with E-state index < -0.39 is 5.82 Å². The van der Waals surface area contributed by atoms with Crippen LogP contribution in [0.1, 0.15) is 5.56 Å². The van der Waals surface area contributed by atoms with Gasteiger partial charge in [-0.1, -0.05) is 5.21 Å². The number of nitrogens with two attached hydrogens (primary N) is 1. The molecule has 0 saturated heterocycles. The molecule has 2 N–H and O–H groups in total. The molecule has 0 saturated carbocycles. The van der Waals surface area contributed by atoms with Gasteiger partial charge in [-0.15, -0.1) is 5.10 Å². The second-order valence-electron chi connectivity index (χ2n) is 4.95. The molecule has 0 aliphatic heterocycles. The van der Waals surface area contributed by atoms with Crippen molar-refractivity contribution < 1.29 is 13.9 Å². The zero-order valence-corrected chi connectivity index (χ0v) is 12.4. The first-order chi connectivity index (χ1) is 10.5. The highest BCUT2D eigenvalue weighted by atomic mass is 19.1. The Labute approximate surface area is 126 Å². The van der Waals surface area contributed by atoms with Crippen LogP contribution in [0.4, 0.5) is 10.1 Å². The van der Waals surface area contributed by atoms with Crippen molar-refractivity contribution in [3.63, 3.8) is 0 Å². The molecular weight excluding hydrogens is 287 g/mol. The maximum atomic E-state index is 14.1. The van der Waals surface area contributed by atoms with Gasteiger partial charge in [0.2, 0.25) is 0 Å². The average Bonchev–Trinajstić information content (AvgIpc) is 2.83. The maximum Gasteiger partial charge on any atom is 0.154 e. The molecule has 22 heavy (non-hydrogen) atoms. The number of nitrogens with zero attached hydrogens (tertiary/aromatic N) is 3. The Morgan fingerprint density at radius 2 is 1.95 bits per heavy atom. The van der Waals surface area contributed by atoms with Crippen molar-refractivity contribution in [1.29, 1.82) is 0 Å². The molecule has 0 aliphatic carbocycles. The monoisotopic (exact) mass is 302 g/mol. The van der Waals surface area contributed by atoms with Gasteiger partial charge in [0, 0.05) is 25.2 Å². The lowest BCUT2D eigenvalue weighted by molar-refractivity contribution is 0.410. The molecule has 7 heteroatoms. The fraction of sp³-hybridized carbons (Fsp3) is 0.200. The highest BCUT2D eigenvalue weighted by Gasteiger charge is 2.13. The second kappa shape index (κ2) is 5.18. The van der Waals surface area contributed by atoms with Crippen LogP contribution in [-0.4, -0.2) is 22.1 Å². The summed E-state index contributed by atoms with van der Waals surface area (Å²) in [5.41, 5.74) is 7.93. The summed E-state index contributed by atoms with van der Waals surface area (Å²) in [4.78, 5) is 0. The Balaban J connectivity index is 2.03. The van der Waals surface area contributed by atoms with Crippen molar-refractivity contribution in [2.75, 3.05) is 12.8 Å². The third kappa shape index (κ3) is 2.30. The van der Waals surface area contributed by atoms with Gasteiger partial charge in [0.25, 0.3) is 0 Å². The fourth-order valence-corrected chi connectivity index (χ4v) is 2.28. The van der Waals surface area contributed by atoms with E-state index in [1.807, 2.05) is 6.92 Å². The van der Waals surface area contributed by atoms with Crippen molar-refractivity contribution >= 4 is 16.7 Å². The van der Waals surface area contributed by atoms with Gasteiger partial charge < -0.3 is 15.2 Å². The molecule has 0 fully saturated rings. The summed E-state index contributed by atoms with van der Waals surface area (Å²) in [5.74, 6) is 0.927. The third-order valence-corrected chi connectivity index (χ3v) is 3.38. The Hall–Kier alpha value is -2.83. The first kappa shape index (κ1) is 14.1. The van der Waals surface area contributed by atoms with E-state index in [0.29, 0.717) is 34.0 Å². The number of aromatic nitrogens is 3. The number of methoxy groups -OCH3 is 1. The SMILES string of the molecule is COc1cc(Oc2cc(F)c3c(c2)nnn3C)c(C)cc1N. The summed E-state index contributed by atoms with van der Waals surface area (Å²) in [5, 5.41) is 7.70. The van der Waals surface area contributed by atoms with Crippen LogP contribution in [0.25, 0.3) is 11.0 Å². The summed E-state index contributed by atoms with van der Waals surface area (Å²) in [6.45, 7) is 1.85. The summed E-state index contributed by atoms with van der Waals surface area (Å²) >= 11 is 0. The molecule has 114 valence electrons.